The summed E-state index contributed by atoms with van der Waals surface area (Å²) in [6, 6.07) is 0. The van der Waals surface area contributed by atoms with Crippen LogP contribution in [0.25, 0.3) is 0 Å². The Labute approximate surface area is 172 Å². The number of guanidine groups is 1. The van der Waals surface area contributed by atoms with Crippen molar-refractivity contribution in [3.8, 4) is 0 Å². The summed E-state index contributed by atoms with van der Waals surface area (Å²) in [5.41, 5.74) is 0.409. The molecule has 9 heteroatoms. The summed E-state index contributed by atoms with van der Waals surface area (Å²) in [5.74, 6) is 0.895. The van der Waals surface area contributed by atoms with E-state index in [1.807, 2.05) is 39.2 Å². The van der Waals surface area contributed by atoms with Crippen molar-refractivity contribution in [3.63, 3.8) is 0 Å². The van der Waals surface area contributed by atoms with Gasteiger partial charge < -0.3 is 20.0 Å². The maximum Gasteiger partial charge on any atom is 0.246 e. The molecule has 160 valence electrons. The summed E-state index contributed by atoms with van der Waals surface area (Å²) in [5, 5.41) is 7.46. The van der Waals surface area contributed by atoms with Gasteiger partial charge >= 0.3 is 0 Å². The first-order valence-corrected chi connectivity index (χ1v) is 10.4. The molecule has 0 aromatic carbocycles. The van der Waals surface area contributed by atoms with Gasteiger partial charge in [-0.2, -0.15) is 5.10 Å². The van der Waals surface area contributed by atoms with Gasteiger partial charge in [-0.3, -0.25) is 19.3 Å². The Morgan fingerprint density at radius 2 is 2.03 bits per heavy atom. The van der Waals surface area contributed by atoms with E-state index >= 15 is 0 Å². The molecule has 0 bridgehead atoms. The van der Waals surface area contributed by atoms with Crippen molar-refractivity contribution < 1.29 is 9.59 Å². The SMILES string of the molecule is CCNC(=NCC1(C(=O)N(C)C)CCCC1)N1CCN(c2cnn(C)c2)C(=O)C1. The summed E-state index contributed by atoms with van der Waals surface area (Å²) in [7, 11) is 5.47. The monoisotopic (exact) mass is 403 g/mol. The van der Waals surface area contributed by atoms with Crippen LogP contribution >= 0.6 is 0 Å². The third-order valence-electron chi connectivity index (χ3n) is 5.81. The highest BCUT2D eigenvalue weighted by molar-refractivity contribution is 5.98. The second-order valence-electron chi connectivity index (χ2n) is 8.20. The van der Waals surface area contributed by atoms with Crippen LogP contribution in [0.4, 0.5) is 5.69 Å². The molecule has 0 atom stereocenters. The van der Waals surface area contributed by atoms with Gasteiger partial charge in [-0.05, 0) is 19.8 Å². The molecule has 0 unspecified atom stereocenters. The Balaban J connectivity index is 1.72. The molecule has 1 N–H and O–H groups in total. The molecule has 3 rings (SSSR count). The van der Waals surface area contributed by atoms with Gasteiger partial charge in [0.15, 0.2) is 5.96 Å². The average Bonchev–Trinajstić information content (AvgIpc) is 3.34. The average molecular weight is 404 g/mol. The van der Waals surface area contributed by atoms with Gasteiger partial charge in [-0.15, -0.1) is 0 Å². The molecule has 0 radical (unpaired) electrons. The van der Waals surface area contributed by atoms with Gasteiger partial charge in [-0.1, -0.05) is 12.8 Å². The maximum atomic E-state index is 12.8. The molecular weight excluding hydrogens is 370 g/mol. The van der Waals surface area contributed by atoms with Gasteiger partial charge in [-0.25, -0.2) is 0 Å². The fraction of sp³-hybridized carbons (Fsp3) is 0.700. The predicted molar refractivity (Wildman–Crippen MR) is 113 cm³/mol. The molecule has 2 fully saturated rings. The number of nitrogens with zero attached hydrogens (tertiary/aromatic N) is 6. The molecule has 1 aromatic rings. The highest BCUT2D eigenvalue weighted by atomic mass is 16.2. The number of piperazine rings is 1. The Morgan fingerprint density at radius 1 is 1.31 bits per heavy atom. The van der Waals surface area contributed by atoms with Crippen LogP contribution < -0.4 is 10.2 Å². The molecule has 2 amide bonds. The zero-order valence-electron chi connectivity index (χ0n) is 18.0. The van der Waals surface area contributed by atoms with Gasteiger partial charge in [0, 0.05) is 47.0 Å². The van der Waals surface area contributed by atoms with Crippen LogP contribution in [-0.2, 0) is 16.6 Å². The number of aliphatic imine (C=N–C) groups is 1. The summed E-state index contributed by atoms with van der Waals surface area (Å²) in [4.78, 5) is 35.8. The molecule has 29 heavy (non-hydrogen) atoms. The van der Waals surface area contributed by atoms with Crippen LogP contribution in [0.5, 0.6) is 0 Å². The number of carbonyl (C=O) groups excluding carboxylic acids is 2. The molecule has 1 saturated carbocycles. The first-order valence-electron chi connectivity index (χ1n) is 10.4. The number of carbonyl (C=O) groups is 2. The van der Waals surface area contributed by atoms with Crippen molar-refractivity contribution in [2.75, 3.05) is 51.7 Å². The number of aryl methyl sites for hydroxylation is 1. The second-order valence-corrected chi connectivity index (χ2v) is 8.20. The lowest BCUT2D eigenvalue weighted by Crippen LogP contribution is -2.55. The fourth-order valence-corrected chi connectivity index (χ4v) is 4.29. The minimum atomic E-state index is -0.411. The van der Waals surface area contributed by atoms with E-state index in [0.29, 0.717) is 32.1 Å². The normalized spacial score (nSPS) is 19.6. The van der Waals surface area contributed by atoms with Crippen LogP contribution in [0, 0.1) is 5.41 Å². The van der Waals surface area contributed by atoms with Crippen molar-refractivity contribution in [1.29, 1.82) is 0 Å². The molecule has 1 aromatic heterocycles. The summed E-state index contributed by atoms with van der Waals surface area (Å²) in [6.45, 7) is 4.71. The molecule has 2 aliphatic rings. The van der Waals surface area contributed by atoms with Crippen molar-refractivity contribution in [2.45, 2.75) is 32.6 Å². The quantitative estimate of drug-likeness (QED) is 0.577. The molecule has 1 aliphatic carbocycles. The van der Waals surface area contributed by atoms with E-state index in [4.69, 9.17) is 4.99 Å². The predicted octanol–water partition coefficient (Wildman–Crippen LogP) is 0.683. The van der Waals surface area contributed by atoms with Crippen molar-refractivity contribution in [2.24, 2.45) is 17.5 Å². The summed E-state index contributed by atoms with van der Waals surface area (Å²) >= 11 is 0. The topological polar surface area (TPSA) is 86.1 Å². The number of rotatable bonds is 5. The Morgan fingerprint density at radius 3 is 2.59 bits per heavy atom. The third-order valence-corrected chi connectivity index (χ3v) is 5.81. The number of nitrogens with one attached hydrogen (secondary N) is 1. The minimum Gasteiger partial charge on any atom is -0.357 e. The summed E-state index contributed by atoms with van der Waals surface area (Å²) < 4.78 is 1.70. The lowest BCUT2D eigenvalue weighted by Gasteiger charge is -2.36. The Kier molecular flexibility index (Phi) is 6.44. The smallest absolute Gasteiger partial charge is 0.246 e. The molecule has 2 heterocycles. The van der Waals surface area contributed by atoms with Gasteiger partial charge in [0.25, 0.3) is 0 Å². The van der Waals surface area contributed by atoms with Crippen molar-refractivity contribution >= 4 is 23.5 Å². The number of hydrogen-bond donors (Lipinski definition) is 1. The van der Waals surface area contributed by atoms with Crippen LogP contribution in [0.3, 0.4) is 0 Å². The van der Waals surface area contributed by atoms with Gasteiger partial charge in [0.2, 0.25) is 11.8 Å². The highest BCUT2D eigenvalue weighted by Gasteiger charge is 2.42. The minimum absolute atomic E-state index is 0.0230. The van der Waals surface area contributed by atoms with Crippen LogP contribution in [0.1, 0.15) is 32.6 Å². The lowest BCUT2D eigenvalue weighted by atomic mass is 9.85. The fourth-order valence-electron chi connectivity index (χ4n) is 4.29. The van der Waals surface area contributed by atoms with Gasteiger partial charge in [0.05, 0.1) is 23.8 Å². The van der Waals surface area contributed by atoms with E-state index in [1.54, 1.807) is 20.7 Å². The van der Waals surface area contributed by atoms with Crippen LogP contribution in [-0.4, -0.2) is 84.2 Å². The van der Waals surface area contributed by atoms with E-state index in [1.165, 1.54) is 0 Å². The lowest BCUT2D eigenvalue weighted by molar-refractivity contribution is -0.138. The van der Waals surface area contributed by atoms with Gasteiger partial charge in [0.1, 0.15) is 6.54 Å². The first kappa shape index (κ1) is 21.1. The van der Waals surface area contributed by atoms with Crippen LogP contribution in [0.15, 0.2) is 17.4 Å². The zero-order chi connectivity index (χ0) is 21.0. The molecule has 1 aliphatic heterocycles. The maximum absolute atomic E-state index is 12.8. The summed E-state index contributed by atoms with van der Waals surface area (Å²) in [6.07, 6.45) is 7.44. The van der Waals surface area contributed by atoms with E-state index in [-0.39, 0.29) is 18.4 Å². The third kappa shape index (κ3) is 4.54. The number of amides is 2. The van der Waals surface area contributed by atoms with Crippen LogP contribution in [0.2, 0.25) is 0 Å². The van der Waals surface area contributed by atoms with E-state index in [9.17, 15) is 9.59 Å². The Bertz CT molecular complexity index is 765. The number of hydrogen-bond acceptors (Lipinski definition) is 4. The molecule has 0 spiro atoms. The van der Waals surface area contributed by atoms with E-state index in [0.717, 1.165) is 31.4 Å². The molecule has 9 nitrogen and oxygen atoms in total. The highest BCUT2D eigenvalue weighted by Crippen LogP contribution is 2.39. The number of anilines is 1. The standard InChI is InChI=1S/C20H33N7O2/c1-5-21-19(22-15-20(8-6-7-9-20)18(29)24(2)3)26-10-11-27(17(28)14-26)16-12-23-25(4)13-16/h12-13H,5-11,14-15H2,1-4H3,(H,21,22). The number of aromatic nitrogens is 2. The Hall–Kier alpha value is -2.58. The van der Waals surface area contributed by atoms with E-state index < -0.39 is 5.41 Å². The zero-order valence-corrected chi connectivity index (χ0v) is 18.0. The molecular formula is C20H33N7O2. The molecule has 1 saturated heterocycles. The largest absolute Gasteiger partial charge is 0.357 e. The van der Waals surface area contributed by atoms with Crippen molar-refractivity contribution in [1.82, 2.24) is 24.9 Å². The first-order chi connectivity index (χ1) is 13.9. The van der Waals surface area contributed by atoms with E-state index in [2.05, 4.69) is 10.4 Å². The van der Waals surface area contributed by atoms with Crippen molar-refractivity contribution in [3.05, 3.63) is 12.4 Å². The second kappa shape index (κ2) is 8.84.